The van der Waals surface area contributed by atoms with Crippen molar-refractivity contribution in [1.29, 1.82) is 0 Å². The van der Waals surface area contributed by atoms with Crippen molar-refractivity contribution in [3.63, 3.8) is 0 Å². The molecule has 0 atom stereocenters. The Morgan fingerprint density at radius 2 is 1.30 bits per heavy atom. The van der Waals surface area contributed by atoms with Crippen LogP contribution in [0, 0.1) is 11.8 Å². The van der Waals surface area contributed by atoms with E-state index < -0.39 is 0 Å². The van der Waals surface area contributed by atoms with Crippen LogP contribution in [0.3, 0.4) is 0 Å². The van der Waals surface area contributed by atoms with Gasteiger partial charge in [0.15, 0.2) is 0 Å². The molecule has 2 fully saturated rings. The van der Waals surface area contributed by atoms with E-state index >= 15 is 0 Å². The molecule has 3 rings (SSSR count). The summed E-state index contributed by atoms with van der Waals surface area (Å²) in [6, 6.07) is 7.17. The van der Waals surface area contributed by atoms with Gasteiger partial charge in [0.1, 0.15) is 5.75 Å². The molecule has 2 saturated carbocycles. The van der Waals surface area contributed by atoms with Crippen molar-refractivity contribution in [1.82, 2.24) is 0 Å². The van der Waals surface area contributed by atoms with Gasteiger partial charge >= 0.3 is 0 Å². The van der Waals surface area contributed by atoms with Gasteiger partial charge in [0.05, 0.1) is 6.61 Å². The Morgan fingerprint density at radius 1 is 0.667 bits per heavy atom. The molecule has 0 bridgehead atoms. The molecule has 0 aromatic heterocycles. The molecule has 0 aliphatic heterocycles. The molecule has 1 heteroatoms. The SMILES string of the molecule is CCCCCC1CCC(c2cc(OCCC)ccc2C2CCC(CCC)CC2)CC1. The first-order valence-electron chi connectivity index (χ1n) is 13.5. The van der Waals surface area contributed by atoms with E-state index in [9.17, 15) is 0 Å². The fraction of sp³-hybridized carbons (Fsp3) is 0.793. The largest absolute Gasteiger partial charge is 0.494 e. The molecule has 0 N–H and O–H groups in total. The Morgan fingerprint density at radius 3 is 1.90 bits per heavy atom. The Kier molecular flexibility index (Phi) is 10.1. The van der Waals surface area contributed by atoms with E-state index in [0.29, 0.717) is 0 Å². The predicted molar refractivity (Wildman–Crippen MR) is 131 cm³/mol. The molecule has 1 nitrogen and oxygen atoms in total. The van der Waals surface area contributed by atoms with Gasteiger partial charge in [0.2, 0.25) is 0 Å². The van der Waals surface area contributed by atoms with E-state index in [0.717, 1.165) is 42.4 Å². The Hall–Kier alpha value is -0.980. The summed E-state index contributed by atoms with van der Waals surface area (Å²) in [5.41, 5.74) is 3.35. The van der Waals surface area contributed by atoms with Gasteiger partial charge in [-0.05, 0) is 105 Å². The molecule has 0 radical (unpaired) electrons. The maximum Gasteiger partial charge on any atom is 0.119 e. The summed E-state index contributed by atoms with van der Waals surface area (Å²) >= 11 is 0. The number of ether oxygens (including phenoxy) is 1. The first-order valence-corrected chi connectivity index (χ1v) is 13.5. The van der Waals surface area contributed by atoms with Crippen molar-refractivity contribution in [2.75, 3.05) is 6.61 Å². The van der Waals surface area contributed by atoms with Gasteiger partial charge in [0.25, 0.3) is 0 Å². The van der Waals surface area contributed by atoms with Crippen LogP contribution in [0.15, 0.2) is 18.2 Å². The van der Waals surface area contributed by atoms with Gasteiger partial charge in [0, 0.05) is 0 Å². The van der Waals surface area contributed by atoms with Crippen LogP contribution >= 0.6 is 0 Å². The molecule has 30 heavy (non-hydrogen) atoms. The van der Waals surface area contributed by atoms with Gasteiger partial charge < -0.3 is 4.74 Å². The Bertz CT molecular complexity index is 590. The zero-order valence-corrected chi connectivity index (χ0v) is 20.3. The highest BCUT2D eigenvalue weighted by atomic mass is 16.5. The molecule has 0 heterocycles. The minimum Gasteiger partial charge on any atom is -0.494 e. The molecule has 1 aromatic carbocycles. The lowest BCUT2D eigenvalue weighted by atomic mass is 9.71. The van der Waals surface area contributed by atoms with E-state index in [1.807, 2.05) is 0 Å². The number of hydrogen-bond acceptors (Lipinski definition) is 1. The van der Waals surface area contributed by atoms with Crippen LogP contribution in [0.5, 0.6) is 5.75 Å². The van der Waals surface area contributed by atoms with Gasteiger partial charge in [-0.15, -0.1) is 0 Å². The normalized spacial score (nSPS) is 27.2. The second-order valence-electron chi connectivity index (χ2n) is 10.4. The minimum atomic E-state index is 0.765. The van der Waals surface area contributed by atoms with Crippen molar-refractivity contribution in [2.24, 2.45) is 11.8 Å². The van der Waals surface area contributed by atoms with Crippen molar-refractivity contribution in [3.8, 4) is 5.75 Å². The standard InChI is InChI=1S/C29H48O/c1-4-7-8-10-24-13-17-26(18-14-24)29-22-27(30-21-6-3)19-20-28(29)25-15-11-23(9-5-2)12-16-25/h19-20,22-26H,4-18,21H2,1-3H3. The summed E-state index contributed by atoms with van der Waals surface area (Å²) in [5, 5.41) is 0. The van der Waals surface area contributed by atoms with Crippen LogP contribution in [0.4, 0.5) is 0 Å². The van der Waals surface area contributed by atoms with Crippen molar-refractivity contribution in [2.45, 2.75) is 129 Å². The summed E-state index contributed by atoms with van der Waals surface area (Å²) in [5.74, 6) is 4.64. The predicted octanol–water partition coefficient (Wildman–Crippen LogP) is 9.40. The molecule has 0 amide bonds. The third kappa shape index (κ3) is 6.76. The van der Waals surface area contributed by atoms with Crippen LogP contribution in [0.1, 0.15) is 140 Å². The van der Waals surface area contributed by atoms with E-state index in [2.05, 4.69) is 39.0 Å². The fourth-order valence-electron chi connectivity index (χ4n) is 6.20. The monoisotopic (exact) mass is 412 g/mol. The summed E-state index contributed by atoms with van der Waals surface area (Å²) in [7, 11) is 0. The van der Waals surface area contributed by atoms with Gasteiger partial charge in [-0.1, -0.05) is 65.4 Å². The summed E-state index contributed by atoms with van der Waals surface area (Å²) < 4.78 is 6.06. The second-order valence-corrected chi connectivity index (χ2v) is 10.4. The molecule has 0 spiro atoms. The van der Waals surface area contributed by atoms with Crippen molar-refractivity contribution >= 4 is 0 Å². The van der Waals surface area contributed by atoms with E-state index in [4.69, 9.17) is 4.74 Å². The van der Waals surface area contributed by atoms with Crippen LogP contribution in [0.25, 0.3) is 0 Å². The quantitative estimate of drug-likeness (QED) is 0.329. The van der Waals surface area contributed by atoms with Crippen LogP contribution in [-0.4, -0.2) is 6.61 Å². The van der Waals surface area contributed by atoms with Gasteiger partial charge in [-0.2, -0.15) is 0 Å². The minimum absolute atomic E-state index is 0.765. The molecule has 1 aromatic rings. The number of rotatable bonds is 11. The summed E-state index contributed by atoms with van der Waals surface area (Å²) in [6.45, 7) is 7.70. The highest BCUT2D eigenvalue weighted by Gasteiger charge is 2.28. The number of benzene rings is 1. The van der Waals surface area contributed by atoms with Gasteiger partial charge in [-0.3, -0.25) is 0 Å². The molecule has 170 valence electrons. The lowest BCUT2D eigenvalue weighted by molar-refractivity contribution is 0.290. The molecular formula is C29H48O. The highest BCUT2D eigenvalue weighted by Crippen LogP contribution is 2.45. The smallest absolute Gasteiger partial charge is 0.119 e. The lowest BCUT2D eigenvalue weighted by Gasteiger charge is -2.34. The summed E-state index contributed by atoms with van der Waals surface area (Å²) in [4.78, 5) is 0. The molecule has 2 aliphatic rings. The zero-order valence-electron chi connectivity index (χ0n) is 20.3. The highest BCUT2D eigenvalue weighted by molar-refractivity contribution is 5.40. The van der Waals surface area contributed by atoms with Crippen molar-refractivity contribution < 1.29 is 4.74 Å². The topological polar surface area (TPSA) is 9.23 Å². The van der Waals surface area contributed by atoms with Crippen LogP contribution < -0.4 is 4.74 Å². The molecule has 2 aliphatic carbocycles. The first-order chi connectivity index (χ1) is 14.7. The number of hydrogen-bond donors (Lipinski definition) is 0. The van der Waals surface area contributed by atoms with Gasteiger partial charge in [-0.25, -0.2) is 0 Å². The maximum atomic E-state index is 6.06. The average Bonchev–Trinajstić information content (AvgIpc) is 2.79. The van der Waals surface area contributed by atoms with Crippen molar-refractivity contribution in [3.05, 3.63) is 29.3 Å². The van der Waals surface area contributed by atoms with Crippen LogP contribution in [0.2, 0.25) is 0 Å². The van der Waals surface area contributed by atoms with E-state index in [1.54, 1.807) is 11.1 Å². The number of unbranched alkanes of at least 4 members (excludes halogenated alkanes) is 2. The molecular weight excluding hydrogens is 364 g/mol. The first kappa shape index (κ1) is 23.7. The molecule has 0 saturated heterocycles. The third-order valence-electron chi connectivity index (χ3n) is 8.02. The van der Waals surface area contributed by atoms with E-state index in [-0.39, 0.29) is 0 Å². The third-order valence-corrected chi connectivity index (χ3v) is 8.02. The van der Waals surface area contributed by atoms with E-state index in [1.165, 1.54) is 89.9 Å². The lowest BCUT2D eigenvalue weighted by Crippen LogP contribution is -2.18. The Labute approximate surface area is 187 Å². The summed E-state index contributed by atoms with van der Waals surface area (Å²) in [6.07, 6.45) is 20.9. The van der Waals surface area contributed by atoms with Crippen LogP contribution in [-0.2, 0) is 0 Å². The maximum absolute atomic E-state index is 6.06. The average molecular weight is 413 g/mol. The zero-order chi connectivity index (χ0) is 21.2. The fourth-order valence-corrected chi connectivity index (χ4v) is 6.20. The second kappa shape index (κ2) is 12.8. The molecule has 0 unspecified atom stereocenters. The Balaban J connectivity index is 1.68.